The molecule has 0 unspecified atom stereocenters. The van der Waals surface area contributed by atoms with E-state index in [4.69, 9.17) is 0 Å². The first-order valence-corrected chi connectivity index (χ1v) is 10.6. The van der Waals surface area contributed by atoms with Crippen molar-refractivity contribution >= 4 is 23.8 Å². The monoisotopic (exact) mass is 428 g/mol. The van der Waals surface area contributed by atoms with Crippen LogP contribution in [0.3, 0.4) is 0 Å². The summed E-state index contributed by atoms with van der Waals surface area (Å²) in [6.07, 6.45) is 2.17. The maximum Gasteiger partial charge on any atom is 0.325 e. The van der Waals surface area contributed by atoms with E-state index < -0.39 is 17.5 Å². The Labute approximate surface area is 183 Å². The van der Waals surface area contributed by atoms with Gasteiger partial charge >= 0.3 is 6.03 Å². The number of carbonyl (C=O) groups excluding carboxylic acids is 4. The van der Waals surface area contributed by atoms with Crippen LogP contribution < -0.4 is 10.6 Å². The number of hydrogen-bond donors (Lipinski definition) is 2. The summed E-state index contributed by atoms with van der Waals surface area (Å²) in [6, 6.07) is 6.45. The van der Waals surface area contributed by atoms with Crippen LogP contribution in [0.1, 0.15) is 56.0 Å². The number of urea groups is 1. The number of hydrogen-bond acceptors (Lipinski definition) is 4. The van der Waals surface area contributed by atoms with Gasteiger partial charge in [0.15, 0.2) is 0 Å². The van der Waals surface area contributed by atoms with Gasteiger partial charge in [0.05, 0.1) is 0 Å². The molecule has 8 nitrogen and oxygen atoms in total. The molecule has 1 aromatic carbocycles. The van der Waals surface area contributed by atoms with Crippen LogP contribution in [0.25, 0.3) is 0 Å². The number of amides is 5. The first-order chi connectivity index (χ1) is 14.4. The van der Waals surface area contributed by atoms with Crippen molar-refractivity contribution in [1.82, 2.24) is 20.4 Å². The van der Waals surface area contributed by atoms with Crippen LogP contribution in [0.2, 0.25) is 0 Å². The average Bonchev–Trinajstić information content (AvgIpc) is 2.87. The summed E-state index contributed by atoms with van der Waals surface area (Å²) in [5.41, 5.74) is 0.418. The predicted octanol–water partition coefficient (Wildman–Crippen LogP) is 2.14. The highest BCUT2D eigenvalue weighted by Gasteiger charge is 2.56. The molecule has 31 heavy (non-hydrogen) atoms. The molecule has 0 bridgehead atoms. The van der Waals surface area contributed by atoms with E-state index in [0.29, 0.717) is 24.3 Å². The Morgan fingerprint density at radius 2 is 1.81 bits per heavy atom. The molecule has 1 spiro atoms. The molecule has 5 amide bonds. The van der Waals surface area contributed by atoms with Crippen LogP contribution in [0.5, 0.6) is 0 Å². The third-order valence-electron chi connectivity index (χ3n) is 6.02. The van der Waals surface area contributed by atoms with Crippen LogP contribution in [-0.4, -0.2) is 59.7 Å². The van der Waals surface area contributed by atoms with Crippen molar-refractivity contribution < 1.29 is 19.2 Å². The molecule has 1 aliphatic carbocycles. The second-order valence-corrected chi connectivity index (χ2v) is 9.93. The standard InChI is InChI=1S/C23H32N4O4/c1-15-10-22(2,3)14-23(11-15)20(30)27(21(31)25-23)13-18(28)24-12-16-6-8-17(9-7-16)19(29)26(4)5/h6-9,15H,10-14H2,1-5H3,(H,24,28)(H,25,31)/t15-,23-/m0/s1. The number of imide groups is 1. The van der Waals surface area contributed by atoms with Crippen LogP contribution in [0.15, 0.2) is 24.3 Å². The lowest BCUT2D eigenvalue weighted by Gasteiger charge is -2.43. The van der Waals surface area contributed by atoms with Gasteiger partial charge in [-0.3, -0.25) is 19.3 Å². The van der Waals surface area contributed by atoms with Gasteiger partial charge < -0.3 is 15.5 Å². The first-order valence-electron chi connectivity index (χ1n) is 10.6. The average molecular weight is 429 g/mol. The molecule has 1 saturated carbocycles. The fourth-order valence-electron chi connectivity index (χ4n) is 5.07. The second kappa shape index (κ2) is 8.32. The van der Waals surface area contributed by atoms with Crippen molar-refractivity contribution in [3.8, 4) is 0 Å². The van der Waals surface area contributed by atoms with Gasteiger partial charge in [-0.2, -0.15) is 0 Å². The van der Waals surface area contributed by atoms with Crippen molar-refractivity contribution in [3.63, 3.8) is 0 Å². The Morgan fingerprint density at radius 3 is 2.39 bits per heavy atom. The molecule has 2 aliphatic rings. The molecule has 1 aromatic rings. The molecule has 1 heterocycles. The van der Waals surface area contributed by atoms with Crippen molar-refractivity contribution in [2.45, 2.75) is 52.1 Å². The number of carbonyl (C=O) groups is 4. The Morgan fingerprint density at radius 1 is 1.16 bits per heavy atom. The molecule has 2 N–H and O–H groups in total. The second-order valence-electron chi connectivity index (χ2n) is 9.93. The van der Waals surface area contributed by atoms with E-state index >= 15 is 0 Å². The minimum atomic E-state index is -0.909. The maximum absolute atomic E-state index is 13.1. The topological polar surface area (TPSA) is 98.8 Å². The zero-order valence-corrected chi connectivity index (χ0v) is 18.9. The Kier molecular flexibility index (Phi) is 6.11. The molecule has 1 aliphatic heterocycles. The van der Waals surface area contributed by atoms with Crippen LogP contribution in [0, 0.1) is 11.3 Å². The largest absolute Gasteiger partial charge is 0.350 e. The minimum Gasteiger partial charge on any atom is -0.350 e. The number of rotatable bonds is 5. The summed E-state index contributed by atoms with van der Waals surface area (Å²) < 4.78 is 0. The summed E-state index contributed by atoms with van der Waals surface area (Å²) in [5.74, 6) is -0.497. The summed E-state index contributed by atoms with van der Waals surface area (Å²) in [6.45, 7) is 6.24. The highest BCUT2D eigenvalue weighted by Crippen LogP contribution is 2.46. The molecule has 1 saturated heterocycles. The smallest absolute Gasteiger partial charge is 0.325 e. The Balaban J connectivity index is 1.59. The van der Waals surface area contributed by atoms with Crippen molar-refractivity contribution in [2.75, 3.05) is 20.6 Å². The molecule has 168 valence electrons. The van der Waals surface area contributed by atoms with E-state index in [1.165, 1.54) is 4.90 Å². The summed E-state index contributed by atoms with van der Waals surface area (Å²) in [5, 5.41) is 5.63. The molecule has 0 radical (unpaired) electrons. The molecule has 3 rings (SSSR count). The van der Waals surface area contributed by atoms with Gasteiger partial charge in [0, 0.05) is 26.2 Å². The molecular weight excluding hydrogens is 396 g/mol. The summed E-state index contributed by atoms with van der Waals surface area (Å²) in [4.78, 5) is 52.6. The van der Waals surface area contributed by atoms with Gasteiger partial charge in [0.1, 0.15) is 12.1 Å². The van der Waals surface area contributed by atoms with Crippen LogP contribution >= 0.6 is 0 Å². The zero-order valence-electron chi connectivity index (χ0n) is 18.9. The van der Waals surface area contributed by atoms with Gasteiger partial charge in [-0.05, 0) is 48.3 Å². The van der Waals surface area contributed by atoms with E-state index in [1.807, 2.05) is 0 Å². The highest BCUT2D eigenvalue weighted by atomic mass is 16.2. The Hall–Kier alpha value is -2.90. The van der Waals surface area contributed by atoms with Crippen LogP contribution in [0.4, 0.5) is 4.79 Å². The zero-order chi connectivity index (χ0) is 23.0. The highest BCUT2D eigenvalue weighted by molar-refractivity contribution is 6.09. The van der Waals surface area contributed by atoms with E-state index in [2.05, 4.69) is 31.4 Å². The van der Waals surface area contributed by atoms with Gasteiger partial charge in [0.2, 0.25) is 5.91 Å². The maximum atomic E-state index is 13.1. The van der Waals surface area contributed by atoms with Crippen LogP contribution in [-0.2, 0) is 16.1 Å². The molecule has 0 aromatic heterocycles. The third kappa shape index (κ3) is 4.89. The van der Waals surface area contributed by atoms with Gasteiger partial charge in [0.25, 0.3) is 11.8 Å². The fraction of sp³-hybridized carbons (Fsp3) is 0.565. The lowest BCUT2D eigenvalue weighted by molar-refractivity contribution is -0.137. The first kappa shape index (κ1) is 22.8. The number of nitrogens with zero attached hydrogens (tertiary/aromatic N) is 2. The number of benzene rings is 1. The third-order valence-corrected chi connectivity index (χ3v) is 6.02. The summed E-state index contributed by atoms with van der Waals surface area (Å²) in [7, 11) is 3.37. The van der Waals surface area contributed by atoms with Gasteiger partial charge in [-0.1, -0.05) is 32.9 Å². The molecule has 2 fully saturated rings. The molecule has 8 heteroatoms. The van der Waals surface area contributed by atoms with Crippen molar-refractivity contribution in [1.29, 1.82) is 0 Å². The lowest BCUT2D eigenvalue weighted by Crippen LogP contribution is -2.54. The van der Waals surface area contributed by atoms with E-state index in [0.717, 1.165) is 16.9 Å². The lowest BCUT2D eigenvalue weighted by atomic mass is 9.64. The molecule has 2 atom stereocenters. The van der Waals surface area contributed by atoms with Gasteiger partial charge in [-0.15, -0.1) is 0 Å². The van der Waals surface area contributed by atoms with E-state index in [9.17, 15) is 19.2 Å². The Bertz CT molecular complexity index is 893. The minimum absolute atomic E-state index is 0.0565. The quantitative estimate of drug-likeness (QED) is 0.702. The predicted molar refractivity (Wildman–Crippen MR) is 116 cm³/mol. The fourth-order valence-corrected chi connectivity index (χ4v) is 5.07. The van der Waals surface area contributed by atoms with E-state index in [-0.39, 0.29) is 30.3 Å². The normalized spacial score (nSPS) is 24.8. The van der Waals surface area contributed by atoms with Gasteiger partial charge in [-0.25, -0.2) is 4.79 Å². The SMILES string of the molecule is C[C@H]1CC(C)(C)C[C@]2(C1)NC(=O)N(CC(=O)NCc1ccc(C(=O)N(C)C)cc1)C2=O. The molecular formula is C23H32N4O4. The van der Waals surface area contributed by atoms with E-state index in [1.54, 1.807) is 38.4 Å². The van der Waals surface area contributed by atoms with Crippen molar-refractivity contribution in [2.24, 2.45) is 11.3 Å². The summed E-state index contributed by atoms with van der Waals surface area (Å²) >= 11 is 0. The van der Waals surface area contributed by atoms with Crippen molar-refractivity contribution in [3.05, 3.63) is 35.4 Å². The number of nitrogens with one attached hydrogen (secondary N) is 2.